The van der Waals surface area contributed by atoms with E-state index in [1.54, 1.807) is 9.80 Å². The average Bonchev–Trinajstić information content (AvgIpc) is 2.29. The predicted molar refractivity (Wildman–Crippen MR) is 72.7 cm³/mol. The summed E-state index contributed by atoms with van der Waals surface area (Å²) < 4.78 is 0. The Labute approximate surface area is 109 Å². The van der Waals surface area contributed by atoms with Crippen molar-refractivity contribution in [3.63, 3.8) is 0 Å². The first kappa shape index (κ1) is 14.4. The fourth-order valence-electron chi connectivity index (χ4n) is 1.83. The second kappa shape index (κ2) is 6.33. The molecule has 1 aromatic rings. The minimum absolute atomic E-state index is 0.102. The molecule has 0 aliphatic carbocycles. The van der Waals surface area contributed by atoms with Crippen LogP contribution in [-0.2, 0) is 4.79 Å². The van der Waals surface area contributed by atoms with Crippen molar-refractivity contribution in [1.82, 2.24) is 14.9 Å². The topological polar surface area (TPSA) is 49.3 Å². The molecule has 0 aromatic carbocycles. The number of rotatable bonds is 5. The molecule has 1 aromatic heterocycles. The van der Waals surface area contributed by atoms with Gasteiger partial charge in [-0.1, -0.05) is 0 Å². The molecule has 1 amide bonds. The summed E-state index contributed by atoms with van der Waals surface area (Å²) in [6.45, 7) is 9.60. The number of likely N-dealkylation sites (N-methyl/N-ethyl adjacent to an activating group) is 2. The average molecular weight is 250 g/mol. The third kappa shape index (κ3) is 3.68. The van der Waals surface area contributed by atoms with Crippen LogP contribution in [0.5, 0.6) is 0 Å². The third-order valence-corrected chi connectivity index (χ3v) is 2.80. The first-order valence-corrected chi connectivity index (χ1v) is 6.29. The van der Waals surface area contributed by atoms with Crippen LogP contribution in [0, 0.1) is 13.8 Å². The molecule has 0 aliphatic rings. The number of amides is 1. The Morgan fingerprint density at radius 2 is 1.67 bits per heavy atom. The fourth-order valence-corrected chi connectivity index (χ4v) is 1.83. The second-order valence-corrected chi connectivity index (χ2v) is 4.37. The highest BCUT2D eigenvalue weighted by atomic mass is 16.2. The Kier molecular flexibility index (Phi) is 5.07. The summed E-state index contributed by atoms with van der Waals surface area (Å²) in [6.07, 6.45) is 0. The van der Waals surface area contributed by atoms with E-state index in [1.807, 2.05) is 40.8 Å². The van der Waals surface area contributed by atoms with Gasteiger partial charge in [0.15, 0.2) is 0 Å². The van der Waals surface area contributed by atoms with Gasteiger partial charge in [-0.05, 0) is 33.8 Å². The molecule has 0 bridgehead atoms. The van der Waals surface area contributed by atoms with Crippen molar-refractivity contribution >= 4 is 11.9 Å². The molecule has 0 N–H and O–H groups in total. The summed E-state index contributed by atoms with van der Waals surface area (Å²) in [5.41, 5.74) is 1.83. The standard InChI is InChI=1S/C13H22N4O/c1-6-17(7-2)12(18)9-16(5)13-14-10(3)8-11(4)15-13/h8H,6-7,9H2,1-5H3. The lowest BCUT2D eigenvalue weighted by Crippen LogP contribution is -2.39. The molecule has 0 fully saturated rings. The van der Waals surface area contributed by atoms with Crippen molar-refractivity contribution in [2.45, 2.75) is 27.7 Å². The Morgan fingerprint density at radius 3 is 2.11 bits per heavy atom. The van der Waals surface area contributed by atoms with Gasteiger partial charge in [-0.2, -0.15) is 0 Å². The number of hydrogen-bond donors (Lipinski definition) is 0. The molecular weight excluding hydrogens is 228 g/mol. The van der Waals surface area contributed by atoms with Crippen LogP contribution in [0.15, 0.2) is 6.07 Å². The lowest BCUT2D eigenvalue weighted by Gasteiger charge is -2.23. The molecule has 5 heteroatoms. The van der Waals surface area contributed by atoms with Gasteiger partial charge < -0.3 is 9.80 Å². The number of carbonyl (C=O) groups is 1. The highest BCUT2D eigenvalue weighted by molar-refractivity contribution is 5.80. The SMILES string of the molecule is CCN(CC)C(=O)CN(C)c1nc(C)cc(C)n1. The molecule has 0 saturated heterocycles. The van der Waals surface area contributed by atoms with E-state index < -0.39 is 0 Å². The van der Waals surface area contributed by atoms with E-state index in [4.69, 9.17) is 0 Å². The molecule has 0 atom stereocenters. The number of hydrogen-bond acceptors (Lipinski definition) is 4. The Hall–Kier alpha value is -1.65. The number of carbonyl (C=O) groups excluding carboxylic acids is 1. The Morgan fingerprint density at radius 1 is 1.17 bits per heavy atom. The van der Waals surface area contributed by atoms with Crippen molar-refractivity contribution in [2.75, 3.05) is 31.6 Å². The van der Waals surface area contributed by atoms with Crippen LogP contribution in [0.2, 0.25) is 0 Å². The Balaban J connectivity index is 2.75. The third-order valence-electron chi connectivity index (χ3n) is 2.80. The van der Waals surface area contributed by atoms with Crippen molar-refractivity contribution < 1.29 is 4.79 Å². The van der Waals surface area contributed by atoms with Gasteiger partial charge in [0.1, 0.15) is 0 Å². The maximum absolute atomic E-state index is 12.0. The van der Waals surface area contributed by atoms with Gasteiger partial charge in [0.25, 0.3) is 0 Å². The van der Waals surface area contributed by atoms with Gasteiger partial charge in [-0.15, -0.1) is 0 Å². The summed E-state index contributed by atoms with van der Waals surface area (Å²) in [5, 5.41) is 0. The zero-order valence-electron chi connectivity index (χ0n) is 11.9. The monoisotopic (exact) mass is 250 g/mol. The minimum atomic E-state index is 0.102. The van der Waals surface area contributed by atoms with Crippen LogP contribution in [0.3, 0.4) is 0 Å². The lowest BCUT2D eigenvalue weighted by atomic mass is 10.3. The van der Waals surface area contributed by atoms with Crippen molar-refractivity contribution in [2.24, 2.45) is 0 Å². The van der Waals surface area contributed by atoms with E-state index in [-0.39, 0.29) is 5.91 Å². The summed E-state index contributed by atoms with van der Waals surface area (Å²) in [4.78, 5) is 24.3. The normalized spacial score (nSPS) is 10.3. The van der Waals surface area contributed by atoms with E-state index in [9.17, 15) is 4.79 Å². The van der Waals surface area contributed by atoms with E-state index >= 15 is 0 Å². The summed E-state index contributed by atoms with van der Waals surface area (Å²) in [6, 6.07) is 1.92. The smallest absolute Gasteiger partial charge is 0.242 e. The number of aromatic nitrogens is 2. The highest BCUT2D eigenvalue weighted by Gasteiger charge is 2.14. The predicted octanol–water partition coefficient (Wildman–Crippen LogP) is 1.40. The molecule has 0 saturated carbocycles. The van der Waals surface area contributed by atoms with Crippen LogP contribution >= 0.6 is 0 Å². The van der Waals surface area contributed by atoms with E-state index in [0.29, 0.717) is 12.5 Å². The number of aryl methyl sites for hydroxylation is 2. The zero-order valence-corrected chi connectivity index (χ0v) is 11.9. The van der Waals surface area contributed by atoms with Crippen LogP contribution in [0.25, 0.3) is 0 Å². The van der Waals surface area contributed by atoms with Gasteiger partial charge in [0.2, 0.25) is 11.9 Å². The van der Waals surface area contributed by atoms with Crippen LogP contribution in [-0.4, -0.2) is 47.5 Å². The molecule has 0 aliphatic heterocycles. The molecule has 100 valence electrons. The van der Waals surface area contributed by atoms with E-state index in [0.717, 1.165) is 24.5 Å². The molecule has 0 radical (unpaired) electrons. The molecule has 0 unspecified atom stereocenters. The lowest BCUT2D eigenvalue weighted by molar-refractivity contribution is -0.129. The molecule has 18 heavy (non-hydrogen) atoms. The number of anilines is 1. The maximum atomic E-state index is 12.0. The zero-order chi connectivity index (χ0) is 13.7. The maximum Gasteiger partial charge on any atom is 0.242 e. The molecule has 5 nitrogen and oxygen atoms in total. The van der Waals surface area contributed by atoms with E-state index in [1.165, 1.54) is 0 Å². The molecule has 1 heterocycles. The van der Waals surface area contributed by atoms with Gasteiger partial charge in [-0.25, -0.2) is 9.97 Å². The van der Waals surface area contributed by atoms with E-state index in [2.05, 4.69) is 9.97 Å². The second-order valence-electron chi connectivity index (χ2n) is 4.37. The van der Waals surface area contributed by atoms with Gasteiger partial charge in [-0.3, -0.25) is 4.79 Å². The van der Waals surface area contributed by atoms with Gasteiger partial charge >= 0.3 is 0 Å². The van der Waals surface area contributed by atoms with Crippen LogP contribution in [0.1, 0.15) is 25.2 Å². The summed E-state index contributed by atoms with van der Waals surface area (Å²) >= 11 is 0. The van der Waals surface area contributed by atoms with Gasteiger partial charge in [0, 0.05) is 31.5 Å². The van der Waals surface area contributed by atoms with Crippen molar-refractivity contribution in [1.29, 1.82) is 0 Å². The first-order chi connectivity index (χ1) is 8.47. The van der Waals surface area contributed by atoms with Crippen molar-refractivity contribution in [3.05, 3.63) is 17.5 Å². The van der Waals surface area contributed by atoms with Crippen molar-refractivity contribution in [3.8, 4) is 0 Å². The first-order valence-electron chi connectivity index (χ1n) is 6.29. The highest BCUT2D eigenvalue weighted by Crippen LogP contribution is 2.08. The van der Waals surface area contributed by atoms with Gasteiger partial charge in [0.05, 0.1) is 6.54 Å². The molecule has 0 spiro atoms. The quantitative estimate of drug-likeness (QED) is 0.792. The Bertz CT molecular complexity index is 395. The fraction of sp³-hybridized carbons (Fsp3) is 0.615. The summed E-state index contributed by atoms with van der Waals surface area (Å²) in [7, 11) is 1.84. The van der Waals surface area contributed by atoms with Crippen LogP contribution in [0.4, 0.5) is 5.95 Å². The number of nitrogens with zero attached hydrogens (tertiary/aromatic N) is 4. The largest absolute Gasteiger partial charge is 0.342 e. The van der Waals surface area contributed by atoms with Crippen LogP contribution < -0.4 is 4.90 Å². The summed E-state index contributed by atoms with van der Waals surface area (Å²) in [5.74, 6) is 0.707. The molecular formula is C13H22N4O. The minimum Gasteiger partial charge on any atom is -0.342 e. The molecule has 1 rings (SSSR count).